The number of amides is 2. The molecule has 0 atom stereocenters. The second-order valence-corrected chi connectivity index (χ2v) is 5.84. The van der Waals surface area contributed by atoms with E-state index in [1.807, 2.05) is 6.26 Å². The Labute approximate surface area is 138 Å². The zero-order chi connectivity index (χ0) is 16.8. The van der Waals surface area contributed by atoms with Crippen LogP contribution in [-0.2, 0) is 12.3 Å². The minimum atomic E-state index is -0.537. The lowest BCUT2D eigenvalue weighted by molar-refractivity contribution is 0.0948. The SMILES string of the molecule is CSCc1cc(F)ccc1CNC(=O)c1ccc(C(N)=O)cc1. The Hall–Kier alpha value is -2.34. The molecule has 6 heteroatoms. The number of nitrogens with two attached hydrogens (primary N) is 1. The topological polar surface area (TPSA) is 72.2 Å². The maximum Gasteiger partial charge on any atom is 0.251 e. The van der Waals surface area contributed by atoms with Crippen LogP contribution < -0.4 is 11.1 Å². The van der Waals surface area contributed by atoms with Gasteiger partial charge in [0.1, 0.15) is 5.82 Å². The Morgan fingerprint density at radius 3 is 2.35 bits per heavy atom. The molecule has 4 nitrogen and oxygen atoms in total. The van der Waals surface area contributed by atoms with E-state index >= 15 is 0 Å². The van der Waals surface area contributed by atoms with Gasteiger partial charge in [-0.2, -0.15) is 11.8 Å². The normalized spacial score (nSPS) is 10.3. The molecule has 0 unspecified atom stereocenters. The number of hydrogen-bond donors (Lipinski definition) is 2. The van der Waals surface area contributed by atoms with Crippen molar-refractivity contribution in [2.75, 3.05) is 6.26 Å². The first-order chi connectivity index (χ1) is 11.0. The highest BCUT2D eigenvalue weighted by Crippen LogP contribution is 2.17. The van der Waals surface area contributed by atoms with Gasteiger partial charge in [0.05, 0.1) is 0 Å². The molecular formula is C17H17FN2O2S. The molecular weight excluding hydrogens is 315 g/mol. The van der Waals surface area contributed by atoms with E-state index in [2.05, 4.69) is 5.32 Å². The Bertz CT molecular complexity index is 717. The molecule has 0 radical (unpaired) electrons. The smallest absolute Gasteiger partial charge is 0.251 e. The van der Waals surface area contributed by atoms with Crippen LogP contribution in [0.15, 0.2) is 42.5 Å². The molecule has 0 heterocycles. The number of rotatable bonds is 6. The van der Waals surface area contributed by atoms with E-state index in [-0.39, 0.29) is 11.7 Å². The molecule has 0 bridgehead atoms. The number of carbonyl (C=O) groups is 2. The van der Waals surface area contributed by atoms with Gasteiger partial charge in [0, 0.05) is 23.4 Å². The van der Waals surface area contributed by atoms with E-state index < -0.39 is 5.91 Å². The maximum atomic E-state index is 13.3. The number of halogens is 1. The zero-order valence-corrected chi connectivity index (χ0v) is 13.5. The van der Waals surface area contributed by atoms with Gasteiger partial charge in [-0.25, -0.2) is 4.39 Å². The van der Waals surface area contributed by atoms with Crippen LogP contribution in [-0.4, -0.2) is 18.1 Å². The number of benzene rings is 2. The molecule has 0 aliphatic rings. The fraction of sp³-hybridized carbons (Fsp3) is 0.176. The molecule has 0 saturated carbocycles. The van der Waals surface area contributed by atoms with Gasteiger partial charge in [-0.1, -0.05) is 6.07 Å². The molecule has 0 aliphatic heterocycles. The van der Waals surface area contributed by atoms with Crippen LogP contribution in [0, 0.1) is 5.82 Å². The van der Waals surface area contributed by atoms with E-state index in [1.54, 1.807) is 30.0 Å². The summed E-state index contributed by atoms with van der Waals surface area (Å²) in [5.41, 5.74) is 7.68. The molecule has 23 heavy (non-hydrogen) atoms. The van der Waals surface area contributed by atoms with Gasteiger partial charge < -0.3 is 11.1 Å². The summed E-state index contributed by atoms with van der Waals surface area (Å²) in [4.78, 5) is 23.1. The van der Waals surface area contributed by atoms with Crippen molar-refractivity contribution in [2.45, 2.75) is 12.3 Å². The lowest BCUT2D eigenvalue weighted by Gasteiger charge is -2.10. The second kappa shape index (κ2) is 7.78. The third kappa shape index (κ3) is 4.56. The number of nitrogens with one attached hydrogen (secondary N) is 1. The van der Waals surface area contributed by atoms with Crippen molar-refractivity contribution >= 4 is 23.6 Å². The number of thioether (sulfide) groups is 1. The average Bonchev–Trinajstić information content (AvgIpc) is 2.54. The fourth-order valence-electron chi connectivity index (χ4n) is 2.12. The molecule has 0 aliphatic carbocycles. The molecule has 0 aromatic heterocycles. The van der Waals surface area contributed by atoms with Crippen molar-refractivity contribution in [1.82, 2.24) is 5.32 Å². The monoisotopic (exact) mass is 332 g/mol. The Balaban J connectivity index is 2.05. The van der Waals surface area contributed by atoms with Crippen molar-refractivity contribution in [1.29, 1.82) is 0 Å². The predicted molar refractivity (Wildman–Crippen MR) is 89.7 cm³/mol. The molecule has 0 spiro atoms. The van der Waals surface area contributed by atoms with Gasteiger partial charge >= 0.3 is 0 Å². The summed E-state index contributed by atoms with van der Waals surface area (Å²) in [7, 11) is 0. The standard InChI is InChI=1S/C17H17FN2O2S/c1-23-10-14-8-15(18)7-6-13(14)9-20-17(22)12-4-2-11(3-5-12)16(19)21/h2-8H,9-10H2,1H3,(H2,19,21)(H,20,22). The van der Waals surface area contributed by atoms with Gasteiger partial charge in [-0.05, 0) is 53.8 Å². The van der Waals surface area contributed by atoms with Crippen LogP contribution in [0.3, 0.4) is 0 Å². The first-order valence-electron chi connectivity index (χ1n) is 6.95. The van der Waals surface area contributed by atoms with Crippen LogP contribution in [0.1, 0.15) is 31.8 Å². The molecule has 2 aromatic carbocycles. The lowest BCUT2D eigenvalue weighted by Crippen LogP contribution is -2.23. The molecule has 2 aromatic rings. The molecule has 2 amide bonds. The quantitative estimate of drug-likeness (QED) is 0.854. The third-order valence-corrected chi connectivity index (χ3v) is 3.94. The lowest BCUT2D eigenvalue weighted by atomic mass is 10.1. The molecule has 0 fully saturated rings. The zero-order valence-electron chi connectivity index (χ0n) is 12.6. The van der Waals surface area contributed by atoms with E-state index in [0.717, 1.165) is 11.1 Å². The van der Waals surface area contributed by atoms with Crippen molar-refractivity contribution in [3.05, 3.63) is 70.5 Å². The summed E-state index contributed by atoms with van der Waals surface area (Å²) >= 11 is 1.59. The molecule has 0 saturated heterocycles. The summed E-state index contributed by atoms with van der Waals surface area (Å²) in [6.07, 6.45) is 1.94. The van der Waals surface area contributed by atoms with Crippen molar-refractivity contribution in [2.24, 2.45) is 5.73 Å². The van der Waals surface area contributed by atoms with Crippen LogP contribution >= 0.6 is 11.8 Å². The molecule has 3 N–H and O–H groups in total. The van der Waals surface area contributed by atoms with Crippen LogP contribution in [0.4, 0.5) is 4.39 Å². The predicted octanol–water partition coefficient (Wildman–Crippen LogP) is 2.72. The first kappa shape index (κ1) is 17.0. The van der Waals surface area contributed by atoms with Crippen molar-refractivity contribution in [3.63, 3.8) is 0 Å². The number of primary amides is 1. The van der Waals surface area contributed by atoms with Crippen molar-refractivity contribution < 1.29 is 14.0 Å². The summed E-state index contributed by atoms with van der Waals surface area (Å²) < 4.78 is 13.3. The maximum absolute atomic E-state index is 13.3. The van der Waals surface area contributed by atoms with E-state index in [1.165, 1.54) is 24.3 Å². The van der Waals surface area contributed by atoms with E-state index in [0.29, 0.717) is 23.4 Å². The number of hydrogen-bond acceptors (Lipinski definition) is 3. The Kier molecular flexibility index (Phi) is 5.76. The van der Waals surface area contributed by atoms with Crippen LogP contribution in [0.2, 0.25) is 0 Å². The highest BCUT2D eigenvalue weighted by atomic mass is 32.2. The molecule has 120 valence electrons. The van der Waals surface area contributed by atoms with Crippen LogP contribution in [0.25, 0.3) is 0 Å². The Morgan fingerprint density at radius 1 is 1.09 bits per heavy atom. The first-order valence-corrected chi connectivity index (χ1v) is 8.35. The van der Waals surface area contributed by atoms with Gasteiger partial charge in [-0.15, -0.1) is 0 Å². The minimum absolute atomic E-state index is 0.263. The van der Waals surface area contributed by atoms with E-state index in [9.17, 15) is 14.0 Å². The van der Waals surface area contributed by atoms with Gasteiger partial charge in [0.25, 0.3) is 5.91 Å². The largest absolute Gasteiger partial charge is 0.366 e. The minimum Gasteiger partial charge on any atom is -0.366 e. The summed E-state index contributed by atoms with van der Waals surface area (Å²) in [5.74, 6) is -0.410. The van der Waals surface area contributed by atoms with Gasteiger partial charge in [0.15, 0.2) is 0 Å². The summed E-state index contributed by atoms with van der Waals surface area (Å²) in [6.45, 7) is 0.312. The van der Waals surface area contributed by atoms with Gasteiger partial charge in [0.2, 0.25) is 5.91 Å². The number of carbonyl (C=O) groups excluding carboxylic acids is 2. The summed E-state index contributed by atoms with van der Waals surface area (Å²) in [5, 5.41) is 2.80. The molecule has 2 rings (SSSR count). The average molecular weight is 332 g/mol. The van der Waals surface area contributed by atoms with Crippen molar-refractivity contribution in [3.8, 4) is 0 Å². The van der Waals surface area contributed by atoms with Crippen LogP contribution in [0.5, 0.6) is 0 Å². The Morgan fingerprint density at radius 2 is 1.74 bits per heavy atom. The fourth-order valence-corrected chi connectivity index (χ4v) is 2.70. The van der Waals surface area contributed by atoms with E-state index in [4.69, 9.17) is 5.73 Å². The highest BCUT2D eigenvalue weighted by molar-refractivity contribution is 7.97. The summed E-state index contributed by atoms with van der Waals surface area (Å²) in [6, 6.07) is 10.7. The third-order valence-electron chi connectivity index (χ3n) is 3.34. The highest BCUT2D eigenvalue weighted by Gasteiger charge is 2.09. The second-order valence-electron chi connectivity index (χ2n) is 4.97. The van der Waals surface area contributed by atoms with Gasteiger partial charge in [-0.3, -0.25) is 9.59 Å².